The van der Waals surface area contributed by atoms with Gasteiger partial charge in [0.25, 0.3) is 0 Å². The van der Waals surface area contributed by atoms with Gasteiger partial charge in [-0.05, 0) is 61.0 Å². The topological polar surface area (TPSA) is 41.3 Å². The van der Waals surface area contributed by atoms with E-state index in [0.717, 1.165) is 17.4 Å². The summed E-state index contributed by atoms with van der Waals surface area (Å²) >= 11 is 3.47. The molecule has 1 saturated carbocycles. The Labute approximate surface area is 122 Å². The number of hydrogen-bond acceptors (Lipinski definition) is 3. The normalized spacial score (nSPS) is 32.8. The molecule has 1 aromatic heterocycles. The molecule has 0 bridgehead atoms. The fourth-order valence-electron chi connectivity index (χ4n) is 3.73. The number of aromatic nitrogens is 2. The first kappa shape index (κ1) is 13.6. The van der Waals surface area contributed by atoms with Gasteiger partial charge >= 0.3 is 0 Å². The van der Waals surface area contributed by atoms with Gasteiger partial charge in [0.15, 0.2) is 0 Å². The number of likely N-dealkylation sites (tertiary alicyclic amines) is 1. The van der Waals surface area contributed by atoms with Crippen LogP contribution in [0.2, 0.25) is 0 Å². The van der Waals surface area contributed by atoms with Gasteiger partial charge in [-0.2, -0.15) is 5.10 Å². The molecule has 1 saturated heterocycles. The molecular weight excluding hydrogens is 306 g/mol. The Kier molecular flexibility index (Phi) is 4.24. The maximum Gasteiger partial charge on any atom is 0.0632 e. The number of rotatable bonds is 3. The van der Waals surface area contributed by atoms with E-state index in [1.807, 2.05) is 6.20 Å². The van der Waals surface area contributed by atoms with E-state index >= 15 is 0 Å². The van der Waals surface area contributed by atoms with Crippen LogP contribution in [0.3, 0.4) is 0 Å². The van der Waals surface area contributed by atoms with Crippen LogP contribution in [0.15, 0.2) is 16.9 Å². The summed E-state index contributed by atoms with van der Waals surface area (Å²) in [5.74, 6) is 0. The van der Waals surface area contributed by atoms with Crippen molar-refractivity contribution in [2.24, 2.45) is 0 Å². The zero-order chi connectivity index (χ0) is 13.2. The molecule has 1 aromatic rings. The predicted octanol–water partition coefficient (Wildman–Crippen LogP) is 2.59. The van der Waals surface area contributed by atoms with Crippen LogP contribution >= 0.6 is 15.9 Å². The molecule has 4 nitrogen and oxygen atoms in total. The van der Waals surface area contributed by atoms with Crippen molar-refractivity contribution in [2.75, 3.05) is 13.2 Å². The molecule has 0 spiro atoms. The molecule has 106 valence electrons. The zero-order valence-corrected chi connectivity index (χ0v) is 12.8. The Hall–Kier alpha value is -0.390. The van der Waals surface area contributed by atoms with Gasteiger partial charge in [0.2, 0.25) is 0 Å². The summed E-state index contributed by atoms with van der Waals surface area (Å²) < 4.78 is 3.17. The van der Waals surface area contributed by atoms with Gasteiger partial charge in [-0.15, -0.1) is 0 Å². The van der Waals surface area contributed by atoms with Crippen LogP contribution in [0.1, 0.15) is 44.6 Å². The van der Waals surface area contributed by atoms with Crippen LogP contribution in [0, 0.1) is 0 Å². The van der Waals surface area contributed by atoms with Crippen molar-refractivity contribution in [2.45, 2.75) is 56.7 Å². The first-order valence-corrected chi connectivity index (χ1v) is 8.13. The largest absolute Gasteiger partial charge is 0.395 e. The lowest BCUT2D eigenvalue weighted by molar-refractivity contribution is 0.0828. The predicted molar refractivity (Wildman–Crippen MR) is 78.0 cm³/mol. The minimum absolute atomic E-state index is 0.314. The molecule has 1 aliphatic carbocycles. The van der Waals surface area contributed by atoms with Gasteiger partial charge < -0.3 is 5.11 Å². The van der Waals surface area contributed by atoms with Crippen LogP contribution in [-0.2, 0) is 0 Å². The molecule has 1 aliphatic heterocycles. The Morgan fingerprint density at radius 3 is 2.84 bits per heavy atom. The summed E-state index contributed by atoms with van der Waals surface area (Å²) in [4.78, 5) is 2.55. The van der Waals surface area contributed by atoms with Crippen molar-refractivity contribution in [3.05, 3.63) is 16.9 Å². The molecule has 19 heavy (non-hydrogen) atoms. The minimum atomic E-state index is 0.314. The van der Waals surface area contributed by atoms with E-state index in [4.69, 9.17) is 0 Å². The van der Waals surface area contributed by atoms with Gasteiger partial charge in [0, 0.05) is 18.3 Å². The number of hydrogen-bond donors (Lipinski definition) is 1. The Balaban J connectivity index is 1.67. The highest BCUT2D eigenvalue weighted by Crippen LogP contribution is 2.34. The third-order valence-corrected chi connectivity index (χ3v) is 5.07. The highest BCUT2D eigenvalue weighted by Gasteiger charge is 2.34. The quantitative estimate of drug-likeness (QED) is 0.927. The number of halogens is 1. The molecule has 2 aliphatic rings. The molecule has 0 radical (unpaired) electrons. The van der Waals surface area contributed by atoms with Crippen LogP contribution in [0.4, 0.5) is 0 Å². The van der Waals surface area contributed by atoms with Crippen molar-refractivity contribution >= 4 is 15.9 Å². The second-order valence-electron chi connectivity index (χ2n) is 5.83. The van der Waals surface area contributed by atoms with Crippen LogP contribution in [-0.4, -0.2) is 45.0 Å². The lowest BCUT2D eigenvalue weighted by Crippen LogP contribution is -2.43. The molecular formula is C14H22BrN3O. The molecule has 3 atom stereocenters. The summed E-state index contributed by atoms with van der Waals surface area (Å²) in [7, 11) is 0. The smallest absolute Gasteiger partial charge is 0.0632 e. The summed E-state index contributed by atoms with van der Waals surface area (Å²) in [6.45, 7) is 1.47. The lowest BCUT2D eigenvalue weighted by atomic mass is 9.89. The van der Waals surface area contributed by atoms with Crippen molar-refractivity contribution in [3.8, 4) is 0 Å². The Morgan fingerprint density at radius 2 is 2.11 bits per heavy atom. The van der Waals surface area contributed by atoms with E-state index in [1.165, 1.54) is 32.1 Å². The maximum atomic E-state index is 9.49. The van der Waals surface area contributed by atoms with Gasteiger partial charge in [-0.3, -0.25) is 9.58 Å². The standard InChI is InChI=1S/C14H22BrN3O/c15-11-8-16-18(9-11)13-4-1-3-12(7-13)17-6-2-5-14(17)10-19/h8-9,12-14,19H,1-7,10H2/t12-,13+,14-/m1/s1. The van der Waals surface area contributed by atoms with Crippen molar-refractivity contribution < 1.29 is 5.11 Å². The summed E-state index contributed by atoms with van der Waals surface area (Å²) in [6.07, 6.45) is 11.3. The zero-order valence-electron chi connectivity index (χ0n) is 11.2. The van der Waals surface area contributed by atoms with Gasteiger partial charge in [0.05, 0.1) is 23.3 Å². The van der Waals surface area contributed by atoms with Crippen LogP contribution in [0.25, 0.3) is 0 Å². The van der Waals surface area contributed by atoms with E-state index < -0.39 is 0 Å². The summed E-state index contributed by atoms with van der Waals surface area (Å²) in [5, 5.41) is 13.9. The van der Waals surface area contributed by atoms with Gasteiger partial charge in [-0.1, -0.05) is 0 Å². The van der Waals surface area contributed by atoms with Crippen LogP contribution in [0.5, 0.6) is 0 Å². The second-order valence-corrected chi connectivity index (χ2v) is 6.74. The van der Waals surface area contributed by atoms with E-state index in [0.29, 0.717) is 24.7 Å². The average molecular weight is 328 g/mol. The first-order chi connectivity index (χ1) is 9.28. The third-order valence-electron chi connectivity index (χ3n) is 4.67. The molecule has 1 N–H and O–H groups in total. The number of nitrogens with zero attached hydrogens (tertiary/aromatic N) is 3. The fraction of sp³-hybridized carbons (Fsp3) is 0.786. The van der Waals surface area contributed by atoms with Crippen LogP contribution < -0.4 is 0 Å². The number of aliphatic hydroxyl groups is 1. The highest BCUT2D eigenvalue weighted by molar-refractivity contribution is 9.10. The van der Waals surface area contributed by atoms with Crippen molar-refractivity contribution in [3.63, 3.8) is 0 Å². The fourth-order valence-corrected chi connectivity index (χ4v) is 4.03. The third kappa shape index (κ3) is 2.88. The van der Waals surface area contributed by atoms with Crippen molar-refractivity contribution in [1.29, 1.82) is 0 Å². The Morgan fingerprint density at radius 1 is 1.26 bits per heavy atom. The SMILES string of the molecule is OC[C@H]1CCCN1[C@@H]1CCC[C@H](n2cc(Br)cn2)C1. The summed E-state index contributed by atoms with van der Waals surface area (Å²) in [6, 6.07) is 1.54. The lowest BCUT2D eigenvalue weighted by Gasteiger charge is -2.38. The molecule has 0 amide bonds. The highest BCUT2D eigenvalue weighted by atomic mass is 79.9. The monoisotopic (exact) mass is 327 g/mol. The van der Waals surface area contributed by atoms with Crippen molar-refractivity contribution in [1.82, 2.24) is 14.7 Å². The molecule has 0 unspecified atom stereocenters. The van der Waals surface area contributed by atoms with E-state index in [9.17, 15) is 5.11 Å². The molecule has 2 heterocycles. The van der Waals surface area contributed by atoms with E-state index in [-0.39, 0.29) is 0 Å². The maximum absolute atomic E-state index is 9.49. The van der Waals surface area contributed by atoms with E-state index in [2.05, 4.69) is 36.8 Å². The molecule has 0 aromatic carbocycles. The van der Waals surface area contributed by atoms with Gasteiger partial charge in [-0.25, -0.2) is 0 Å². The Bertz CT molecular complexity index is 423. The first-order valence-electron chi connectivity index (χ1n) is 7.34. The summed E-state index contributed by atoms with van der Waals surface area (Å²) in [5.41, 5.74) is 0. The second kappa shape index (κ2) is 5.94. The minimum Gasteiger partial charge on any atom is -0.395 e. The number of aliphatic hydroxyl groups excluding tert-OH is 1. The molecule has 2 fully saturated rings. The van der Waals surface area contributed by atoms with Gasteiger partial charge in [0.1, 0.15) is 0 Å². The van der Waals surface area contributed by atoms with E-state index in [1.54, 1.807) is 0 Å². The molecule has 5 heteroatoms. The molecule has 3 rings (SSSR count). The average Bonchev–Trinajstić information content (AvgIpc) is 3.07.